The Morgan fingerprint density at radius 2 is 2.16 bits per heavy atom. The molecule has 2 rings (SSSR count). The Morgan fingerprint density at radius 3 is 2.76 bits per heavy atom. The maximum absolute atomic E-state index is 12.6. The Labute approximate surface area is 149 Å². The molecule has 1 saturated heterocycles. The van der Waals surface area contributed by atoms with E-state index in [2.05, 4.69) is 17.1 Å². The van der Waals surface area contributed by atoms with Crippen molar-refractivity contribution in [3.05, 3.63) is 18.2 Å². The number of piperidine rings is 1. The second kappa shape index (κ2) is 7.87. The van der Waals surface area contributed by atoms with Gasteiger partial charge in [0.25, 0.3) is 0 Å². The Morgan fingerprint density at radius 1 is 1.44 bits per heavy atom. The third kappa shape index (κ3) is 4.51. The van der Waals surface area contributed by atoms with Gasteiger partial charge < -0.3 is 10.2 Å². The van der Waals surface area contributed by atoms with E-state index in [9.17, 15) is 13.2 Å². The Hall–Kier alpha value is -2.07. The molecule has 6 nitrogen and oxygen atoms in total. The highest BCUT2D eigenvalue weighted by Crippen LogP contribution is 2.31. The lowest BCUT2D eigenvalue weighted by Gasteiger charge is -2.33. The molecule has 1 aromatic rings. The molecule has 25 heavy (non-hydrogen) atoms. The van der Waals surface area contributed by atoms with Crippen molar-refractivity contribution in [2.45, 2.75) is 50.2 Å². The Balaban J connectivity index is 2.43. The van der Waals surface area contributed by atoms with E-state index in [1.807, 2.05) is 0 Å². The number of nitrogens with one attached hydrogen (secondary N) is 1. The fourth-order valence-electron chi connectivity index (χ4n) is 3.00. The van der Waals surface area contributed by atoms with E-state index in [4.69, 9.17) is 5.26 Å². The summed E-state index contributed by atoms with van der Waals surface area (Å²) in [5.41, 5.74) is 1.14. The zero-order valence-electron chi connectivity index (χ0n) is 14.9. The molecule has 1 aliphatic rings. The number of rotatable bonds is 5. The van der Waals surface area contributed by atoms with Gasteiger partial charge in [0, 0.05) is 18.8 Å². The molecule has 1 amide bonds. The molecule has 0 spiro atoms. The second-order valence-electron chi connectivity index (χ2n) is 6.85. The van der Waals surface area contributed by atoms with Crippen molar-refractivity contribution in [1.82, 2.24) is 0 Å². The van der Waals surface area contributed by atoms with Crippen molar-refractivity contribution in [1.29, 1.82) is 5.26 Å². The molecule has 0 aromatic heterocycles. The molecular weight excluding hydrogens is 338 g/mol. The second-order valence-corrected chi connectivity index (χ2v) is 9.32. The summed E-state index contributed by atoms with van der Waals surface area (Å²) in [7, 11) is -3.54. The van der Waals surface area contributed by atoms with E-state index >= 15 is 0 Å². The largest absolute Gasteiger partial charge is 0.371 e. The maximum atomic E-state index is 12.6. The van der Waals surface area contributed by atoms with Gasteiger partial charge in [0.15, 0.2) is 9.84 Å². The molecule has 1 heterocycles. The van der Waals surface area contributed by atoms with Gasteiger partial charge in [-0.1, -0.05) is 6.92 Å². The first-order valence-electron chi connectivity index (χ1n) is 8.55. The number of amides is 1. The lowest BCUT2D eigenvalue weighted by molar-refractivity contribution is -0.115. The SMILES string of the molecule is CC1CCCN(c2ccc(S(=O)(=O)C(C)C)c(NC(=O)CC#N)c2)C1. The van der Waals surface area contributed by atoms with Gasteiger partial charge in [-0.2, -0.15) is 5.26 Å². The van der Waals surface area contributed by atoms with Crippen LogP contribution in [-0.2, 0) is 14.6 Å². The Kier molecular flexibility index (Phi) is 6.07. The molecule has 7 heteroatoms. The van der Waals surface area contributed by atoms with Gasteiger partial charge in [-0.25, -0.2) is 8.42 Å². The van der Waals surface area contributed by atoms with Crippen molar-refractivity contribution in [3.8, 4) is 6.07 Å². The minimum Gasteiger partial charge on any atom is -0.371 e. The Bertz CT molecular complexity index is 781. The van der Waals surface area contributed by atoms with Gasteiger partial charge in [-0.3, -0.25) is 4.79 Å². The molecule has 1 N–H and O–H groups in total. The van der Waals surface area contributed by atoms with Crippen LogP contribution in [0.3, 0.4) is 0 Å². The number of sulfone groups is 1. The van der Waals surface area contributed by atoms with E-state index in [1.54, 1.807) is 38.1 Å². The third-order valence-corrected chi connectivity index (χ3v) is 6.64. The minimum atomic E-state index is -3.54. The van der Waals surface area contributed by atoms with Crippen molar-refractivity contribution in [2.75, 3.05) is 23.3 Å². The number of carbonyl (C=O) groups is 1. The lowest BCUT2D eigenvalue weighted by Crippen LogP contribution is -2.34. The predicted octanol–water partition coefficient (Wildman–Crippen LogP) is 2.96. The van der Waals surface area contributed by atoms with Crippen molar-refractivity contribution in [3.63, 3.8) is 0 Å². The predicted molar refractivity (Wildman–Crippen MR) is 98.2 cm³/mol. The zero-order chi connectivity index (χ0) is 18.6. The summed E-state index contributed by atoms with van der Waals surface area (Å²) >= 11 is 0. The van der Waals surface area contributed by atoms with Crippen LogP contribution in [0.25, 0.3) is 0 Å². The van der Waals surface area contributed by atoms with Crippen molar-refractivity contribution < 1.29 is 13.2 Å². The molecule has 0 radical (unpaired) electrons. The van der Waals surface area contributed by atoms with Gasteiger partial charge in [0.1, 0.15) is 6.42 Å². The number of nitrogens with zero attached hydrogens (tertiary/aromatic N) is 2. The number of hydrogen-bond donors (Lipinski definition) is 1. The van der Waals surface area contributed by atoms with E-state index < -0.39 is 21.0 Å². The van der Waals surface area contributed by atoms with Gasteiger partial charge >= 0.3 is 0 Å². The summed E-state index contributed by atoms with van der Waals surface area (Å²) in [6, 6.07) is 6.85. The van der Waals surface area contributed by atoms with Crippen LogP contribution < -0.4 is 10.2 Å². The highest BCUT2D eigenvalue weighted by molar-refractivity contribution is 7.92. The molecule has 1 fully saturated rings. The highest BCUT2D eigenvalue weighted by atomic mass is 32.2. The van der Waals surface area contributed by atoms with Crippen LogP contribution >= 0.6 is 0 Å². The molecule has 0 saturated carbocycles. The highest BCUT2D eigenvalue weighted by Gasteiger charge is 2.25. The molecule has 1 atom stereocenters. The average Bonchev–Trinajstić information content (AvgIpc) is 2.54. The van der Waals surface area contributed by atoms with Crippen LogP contribution in [0, 0.1) is 17.2 Å². The van der Waals surface area contributed by atoms with Gasteiger partial charge in [0.05, 0.1) is 21.9 Å². The van der Waals surface area contributed by atoms with Crippen LogP contribution in [0.1, 0.15) is 40.0 Å². The average molecular weight is 363 g/mol. The molecule has 0 bridgehead atoms. The topological polar surface area (TPSA) is 90.3 Å². The summed E-state index contributed by atoms with van der Waals surface area (Å²) in [6.07, 6.45) is 1.96. The van der Waals surface area contributed by atoms with Crippen molar-refractivity contribution >= 4 is 27.1 Å². The van der Waals surface area contributed by atoms with Crippen LogP contribution in [0.4, 0.5) is 11.4 Å². The minimum absolute atomic E-state index is 0.0996. The molecule has 1 unspecified atom stereocenters. The number of hydrogen-bond acceptors (Lipinski definition) is 5. The number of carbonyl (C=O) groups excluding carboxylic acids is 1. The van der Waals surface area contributed by atoms with Gasteiger partial charge in [-0.15, -0.1) is 0 Å². The fraction of sp³-hybridized carbons (Fsp3) is 0.556. The van der Waals surface area contributed by atoms with Crippen LogP contribution in [0.5, 0.6) is 0 Å². The van der Waals surface area contributed by atoms with Crippen molar-refractivity contribution in [2.24, 2.45) is 5.92 Å². The summed E-state index contributed by atoms with van der Waals surface area (Å²) < 4.78 is 25.2. The normalized spacial score (nSPS) is 18.0. The summed E-state index contributed by atoms with van der Waals surface area (Å²) in [6.45, 7) is 7.22. The summed E-state index contributed by atoms with van der Waals surface area (Å²) in [5, 5.41) is 10.7. The first-order chi connectivity index (χ1) is 11.8. The standard InChI is InChI=1S/C18H25N3O3S/c1-13(2)25(23,24)17-7-6-15(21-10-4-5-14(3)12-21)11-16(17)20-18(22)8-9-19/h6-7,11,13-14H,4-5,8,10,12H2,1-3H3,(H,20,22). The molecule has 1 aliphatic heterocycles. The van der Waals surface area contributed by atoms with Crippen LogP contribution in [0.2, 0.25) is 0 Å². The van der Waals surface area contributed by atoms with Gasteiger partial charge in [0.2, 0.25) is 5.91 Å². The molecule has 136 valence electrons. The van der Waals surface area contributed by atoms with E-state index in [0.717, 1.165) is 25.2 Å². The third-order valence-electron chi connectivity index (χ3n) is 4.43. The van der Waals surface area contributed by atoms with Gasteiger partial charge in [-0.05, 0) is 50.8 Å². The summed E-state index contributed by atoms with van der Waals surface area (Å²) in [4.78, 5) is 14.2. The smallest absolute Gasteiger partial charge is 0.238 e. The quantitative estimate of drug-likeness (QED) is 0.868. The van der Waals surface area contributed by atoms with E-state index in [-0.39, 0.29) is 17.0 Å². The molecule has 0 aliphatic carbocycles. The number of benzene rings is 1. The maximum Gasteiger partial charge on any atom is 0.238 e. The molecule has 1 aromatic carbocycles. The van der Waals surface area contributed by atoms with Crippen LogP contribution in [0.15, 0.2) is 23.1 Å². The number of anilines is 2. The number of nitriles is 1. The van der Waals surface area contributed by atoms with E-state index in [1.165, 1.54) is 6.42 Å². The monoisotopic (exact) mass is 363 g/mol. The van der Waals surface area contributed by atoms with E-state index in [0.29, 0.717) is 5.92 Å². The lowest BCUT2D eigenvalue weighted by atomic mass is 10.00. The summed E-state index contributed by atoms with van der Waals surface area (Å²) in [5.74, 6) is 0.0660. The first-order valence-corrected chi connectivity index (χ1v) is 10.1. The first kappa shape index (κ1) is 19.3. The van der Waals surface area contributed by atoms with Crippen LogP contribution in [-0.4, -0.2) is 32.7 Å². The fourth-order valence-corrected chi connectivity index (χ4v) is 4.19. The zero-order valence-corrected chi connectivity index (χ0v) is 15.8. The molecular formula is C18H25N3O3S.